The summed E-state index contributed by atoms with van der Waals surface area (Å²) in [5.74, 6) is 0. The number of amides is 1. The second-order valence-corrected chi connectivity index (χ2v) is 5.47. The van der Waals surface area contributed by atoms with Crippen molar-refractivity contribution in [2.24, 2.45) is 0 Å². The summed E-state index contributed by atoms with van der Waals surface area (Å²) >= 11 is 0. The second-order valence-electron chi connectivity index (χ2n) is 5.47. The number of nitrogens with one attached hydrogen (secondary N) is 1. The number of ether oxygens (including phenoxy) is 1. The smallest absolute Gasteiger partial charge is 0.407 e. The highest BCUT2D eigenvalue weighted by molar-refractivity contribution is 5.68. The lowest BCUT2D eigenvalue weighted by atomic mass is 10.1. The molecule has 0 fully saturated rings. The van der Waals surface area contributed by atoms with E-state index < -0.39 is 16.6 Å². The molecule has 0 unspecified atom stereocenters. The molecule has 7 nitrogen and oxygen atoms in total. The molecule has 0 radical (unpaired) electrons. The van der Waals surface area contributed by atoms with E-state index in [9.17, 15) is 14.9 Å². The number of non-ortho nitro benzene ring substituents is 1. The highest BCUT2D eigenvalue weighted by atomic mass is 16.6. The van der Waals surface area contributed by atoms with Crippen LogP contribution in [0.5, 0.6) is 0 Å². The van der Waals surface area contributed by atoms with Crippen LogP contribution in [0.15, 0.2) is 24.3 Å². The van der Waals surface area contributed by atoms with Crippen molar-refractivity contribution in [1.29, 1.82) is 5.26 Å². The van der Waals surface area contributed by atoms with Gasteiger partial charge < -0.3 is 10.1 Å². The number of alkyl carbamates (subject to hydrolysis) is 1. The summed E-state index contributed by atoms with van der Waals surface area (Å²) in [4.78, 5) is 21.6. The van der Waals surface area contributed by atoms with Crippen molar-refractivity contribution in [2.45, 2.75) is 26.4 Å². The summed E-state index contributed by atoms with van der Waals surface area (Å²) in [5, 5.41) is 22.2. The van der Waals surface area contributed by atoms with Crippen LogP contribution in [-0.4, -0.2) is 23.2 Å². The summed E-state index contributed by atoms with van der Waals surface area (Å²) < 4.78 is 5.06. The van der Waals surface area contributed by atoms with Gasteiger partial charge in [0.1, 0.15) is 5.60 Å². The lowest BCUT2D eigenvalue weighted by molar-refractivity contribution is -0.384. The standard InChI is InChI=1S/C15H17N3O4/c1-15(2,3)22-14(19)17-6-4-5-11-7-12(10-16)9-13(8-11)18(20)21/h4-5,7-9H,6H2,1-3H3,(H,17,19). The molecule has 0 heterocycles. The highest BCUT2D eigenvalue weighted by Gasteiger charge is 2.15. The number of nitro benzene ring substituents is 1. The molecule has 0 spiro atoms. The van der Waals surface area contributed by atoms with Gasteiger partial charge in [-0.25, -0.2) is 4.79 Å². The van der Waals surface area contributed by atoms with Gasteiger partial charge in [0.05, 0.1) is 16.6 Å². The molecule has 0 aliphatic rings. The topological polar surface area (TPSA) is 105 Å². The van der Waals surface area contributed by atoms with E-state index in [1.807, 2.05) is 6.07 Å². The number of nitro groups is 1. The Balaban J connectivity index is 2.67. The molecule has 1 rings (SSSR count). The fraction of sp³-hybridized carbons (Fsp3) is 0.333. The first-order chi connectivity index (χ1) is 10.2. The third kappa shape index (κ3) is 6.05. The minimum atomic E-state index is -0.574. The minimum absolute atomic E-state index is 0.154. The summed E-state index contributed by atoms with van der Waals surface area (Å²) in [7, 11) is 0. The van der Waals surface area contributed by atoms with Gasteiger partial charge in [-0.2, -0.15) is 5.26 Å². The van der Waals surface area contributed by atoms with Crippen molar-refractivity contribution in [3.8, 4) is 6.07 Å². The third-order valence-electron chi connectivity index (χ3n) is 2.35. The Bertz CT molecular complexity index is 639. The van der Waals surface area contributed by atoms with E-state index in [2.05, 4.69) is 5.32 Å². The molecule has 22 heavy (non-hydrogen) atoms. The van der Waals surface area contributed by atoms with Gasteiger partial charge in [0, 0.05) is 18.7 Å². The molecule has 0 aliphatic carbocycles. The van der Waals surface area contributed by atoms with Crippen LogP contribution in [0.1, 0.15) is 31.9 Å². The lowest BCUT2D eigenvalue weighted by Crippen LogP contribution is -2.32. The number of benzene rings is 1. The summed E-state index contributed by atoms with van der Waals surface area (Å²) in [5.41, 5.74) is -0.0142. The predicted molar refractivity (Wildman–Crippen MR) is 81.1 cm³/mol. The van der Waals surface area contributed by atoms with E-state index in [0.717, 1.165) is 0 Å². The number of rotatable bonds is 4. The Kier molecular flexibility index (Phi) is 5.64. The fourth-order valence-corrected chi connectivity index (χ4v) is 1.55. The van der Waals surface area contributed by atoms with Gasteiger partial charge in [-0.15, -0.1) is 0 Å². The Labute approximate surface area is 128 Å². The zero-order chi connectivity index (χ0) is 16.8. The van der Waals surface area contributed by atoms with Crippen molar-refractivity contribution in [3.05, 3.63) is 45.5 Å². The fourth-order valence-electron chi connectivity index (χ4n) is 1.55. The average Bonchev–Trinajstić information content (AvgIpc) is 2.41. The minimum Gasteiger partial charge on any atom is -0.444 e. The Morgan fingerprint density at radius 2 is 2.14 bits per heavy atom. The van der Waals surface area contributed by atoms with Crippen LogP contribution in [0.3, 0.4) is 0 Å². The zero-order valence-electron chi connectivity index (χ0n) is 12.6. The first kappa shape index (κ1) is 17.2. The van der Waals surface area contributed by atoms with Gasteiger partial charge in [-0.05, 0) is 32.4 Å². The number of hydrogen-bond acceptors (Lipinski definition) is 5. The van der Waals surface area contributed by atoms with Gasteiger partial charge in [-0.3, -0.25) is 10.1 Å². The van der Waals surface area contributed by atoms with Crippen molar-refractivity contribution in [2.75, 3.05) is 6.54 Å². The SMILES string of the molecule is CC(C)(C)OC(=O)NCC=Cc1cc(C#N)cc([N+](=O)[O-])c1. The van der Waals surface area contributed by atoms with E-state index in [1.165, 1.54) is 18.2 Å². The molecular formula is C15H17N3O4. The maximum atomic E-state index is 11.4. The average molecular weight is 303 g/mol. The summed E-state index contributed by atoms with van der Waals surface area (Å²) in [6.45, 7) is 5.48. The number of carbonyl (C=O) groups is 1. The Morgan fingerprint density at radius 1 is 1.45 bits per heavy atom. The third-order valence-corrected chi connectivity index (χ3v) is 2.35. The number of nitriles is 1. The molecule has 0 aliphatic heterocycles. The highest BCUT2D eigenvalue weighted by Crippen LogP contribution is 2.17. The van der Waals surface area contributed by atoms with E-state index >= 15 is 0 Å². The lowest BCUT2D eigenvalue weighted by Gasteiger charge is -2.19. The maximum absolute atomic E-state index is 11.4. The Morgan fingerprint density at radius 3 is 2.68 bits per heavy atom. The largest absolute Gasteiger partial charge is 0.444 e. The van der Waals surface area contributed by atoms with Gasteiger partial charge in [0.25, 0.3) is 5.69 Å². The van der Waals surface area contributed by atoms with E-state index in [4.69, 9.17) is 10.00 Å². The van der Waals surface area contributed by atoms with Crippen LogP contribution in [0.2, 0.25) is 0 Å². The molecule has 1 aromatic rings. The van der Waals surface area contributed by atoms with Gasteiger partial charge in [0.2, 0.25) is 0 Å². The molecule has 0 bridgehead atoms. The number of nitrogens with zero attached hydrogens (tertiary/aromatic N) is 2. The van der Waals surface area contributed by atoms with E-state index in [0.29, 0.717) is 5.56 Å². The maximum Gasteiger partial charge on any atom is 0.407 e. The molecule has 116 valence electrons. The molecular weight excluding hydrogens is 286 g/mol. The van der Waals surface area contributed by atoms with Crippen LogP contribution in [0.25, 0.3) is 6.08 Å². The van der Waals surface area contributed by atoms with Gasteiger partial charge in [0.15, 0.2) is 0 Å². The predicted octanol–water partition coefficient (Wildman–Crippen LogP) is 3.00. The molecule has 7 heteroatoms. The van der Waals surface area contributed by atoms with Crippen LogP contribution in [0.4, 0.5) is 10.5 Å². The zero-order valence-corrected chi connectivity index (χ0v) is 12.6. The Hall–Kier alpha value is -2.88. The van der Waals surface area contributed by atoms with Crippen molar-refractivity contribution >= 4 is 17.9 Å². The van der Waals surface area contributed by atoms with E-state index in [1.54, 1.807) is 32.9 Å². The van der Waals surface area contributed by atoms with Crippen LogP contribution < -0.4 is 5.32 Å². The van der Waals surface area contributed by atoms with Crippen LogP contribution in [-0.2, 0) is 4.74 Å². The first-order valence-electron chi connectivity index (χ1n) is 6.54. The molecule has 1 aromatic carbocycles. The number of hydrogen-bond donors (Lipinski definition) is 1. The van der Waals surface area contributed by atoms with Crippen LogP contribution >= 0.6 is 0 Å². The normalized spacial score (nSPS) is 11.0. The molecule has 0 saturated heterocycles. The van der Waals surface area contributed by atoms with Crippen molar-refractivity contribution in [1.82, 2.24) is 5.32 Å². The monoisotopic (exact) mass is 303 g/mol. The van der Waals surface area contributed by atoms with Crippen molar-refractivity contribution < 1.29 is 14.5 Å². The first-order valence-corrected chi connectivity index (χ1v) is 6.54. The molecule has 0 atom stereocenters. The van der Waals surface area contributed by atoms with Crippen molar-refractivity contribution in [3.63, 3.8) is 0 Å². The second kappa shape index (κ2) is 7.22. The number of carbonyl (C=O) groups excluding carboxylic acids is 1. The molecule has 1 N–H and O–H groups in total. The van der Waals surface area contributed by atoms with E-state index in [-0.39, 0.29) is 17.8 Å². The van der Waals surface area contributed by atoms with Gasteiger partial charge >= 0.3 is 6.09 Å². The van der Waals surface area contributed by atoms with Gasteiger partial charge in [-0.1, -0.05) is 12.2 Å². The molecule has 0 aromatic heterocycles. The van der Waals surface area contributed by atoms with Crippen LogP contribution in [0, 0.1) is 21.4 Å². The quantitative estimate of drug-likeness (QED) is 0.680. The molecule has 1 amide bonds. The molecule has 0 saturated carbocycles. The summed E-state index contributed by atoms with van der Waals surface area (Å²) in [6.07, 6.45) is 2.66. The summed E-state index contributed by atoms with van der Waals surface area (Å²) in [6, 6.07) is 5.95.